The molecular formula is C10H9NOS. The molecule has 0 aliphatic carbocycles. The van der Waals surface area contributed by atoms with Crippen LogP contribution in [0.15, 0.2) is 36.6 Å². The van der Waals surface area contributed by atoms with Crippen LogP contribution in [0.5, 0.6) is 0 Å². The van der Waals surface area contributed by atoms with E-state index in [1.54, 1.807) is 6.08 Å². The van der Waals surface area contributed by atoms with Crippen LogP contribution in [-0.2, 0) is 6.42 Å². The number of hydrogen-bond acceptors (Lipinski definition) is 3. The first kappa shape index (κ1) is 8.26. The maximum atomic E-state index is 8.53. The highest BCUT2D eigenvalue weighted by Crippen LogP contribution is 2.22. The highest BCUT2D eigenvalue weighted by atomic mass is 32.1. The van der Waals surface area contributed by atoms with Gasteiger partial charge in [0.1, 0.15) is 0 Å². The van der Waals surface area contributed by atoms with Crippen LogP contribution in [0.4, 0.5) is 0 Å². The molecule has 0 bridgehead atoms. The summed E-state index contributed by atoms with van der Waals surface area (Å²) < 4.78 is 5.51. The molecule has 3 heteroatoms. The Bertz CT molecular complexity index is 433. The van der Waals surface area contributed by atoms with E-state index in [-0.39, 0.29) is 0 Å². The predicted octanol–water partition coefficient (Wildman–Crippen LogP) is 2.91. The maximum Gasteiger partial charge on any atom is 0.0755 e. The largest absolute Gasteiger partial charge is 0.516 e. The number of aromatic nitrogens is 1. The van der Waals surface area contributed by atoms with Gasteiger partial charge >= 0.3 is 0 Å². The van der Waals surface area contributed by atoms with Gasteiger partial charge < -0.3 is 5.11 Å². The molecule has 13 heavy (non-hydrogen) atoms. The van der Waals surface area contributed by atoms with Crippen molar-refractivity contribution in [3.63, 3.8) is 0 Å². The molecule has 0 aliphatic heterocycles. The molecule has 0 radical (unpaired) electrons. The van der Waals surface area contributed by atoms with Gasteiger partial charge in [-0.15, -0.1) is 0 Å². The molecule has 1 aromatic carbocycles. The number of fused-ring (bicyclic) bond motifs is 1. The molecule has 0 fully saturated rings. The second-order valence-electron chi connectivity index (χ2n) is 2.71. The fourth-order valence-electron chi connectivity index (χ4n) is 1.25. The van der Waals surface area contributed by atoms with Crippen molar-refractivity contribution in [3.05, 3.63) is 42.3 Å². The fraction of sp³-hybridized carbons (Fsp3) is 0.100. The van der Waals surface area contributed by atoms with Crippen LogP contribution in [0.1, 0.15) is 5.69 Å². The fourth-order valence-corrected chi connectivity index (χ4v) is 2.05. The molecule has 2 aromatic rings. The van der Waals surface area contributed by atoms with E-state index >= 15 is 0 Å². The molecule has 0 amide bonds. The third-order valence-corrected chi connectivity index (χ3v) is 2.73. The van der Waals surface area contributed by atoms with Gasteiger partial charge in [-0.1, -0.05) is 18.2 Å². The summed E-state index contributed by atoms with van der Waals surface area (Å²) in [5.74, 6) is 0. The lowest BCUT2D eigenvalue weighted by molar-refractivity contribution is 0.471. The van der Waals surface area contributed by atoms with Crippen LogP contribution < -0.4 is 0 Å². The highest BCUT2D eigenvalue weighted by Gasteiger charge is 2.02. The van der Waals surface area contributed by atoms with Gasteiger partial charge in [0.05, 0.1) is 16.7 Å². The van der Waals surface area contributed by atoms with Crippen molar-refractivity contribution in [2.24, 2.45) is 0 Å². The Morgan fingerprint density at radius 1 is 1.38 bits per heavy atom. The summed E-state index contributed by atoms with van der Waals surface area (Å²) in [5, 5.41) is 9.72. The van der Waals surface area contributed by atoms with Gasteiger partial charge in [-0.3, -0.25) is 0 Å². The Morgan fingerprint density at radius 3 is 3.08 bits per heavy atom. The molecule has 0 aliphatic rings. The lowest BCUT2D eigenvalue weighted by Gasteiger charge is -1.90. The Kier molecular flexibility index (Phi) is 2.27. The SMILES string of the molecule is OC=CCc1nsc2ccccc12. The van der Waals surface area contributed by atoms with Crippen LogP contribution in [-0.4, -0.2) is 9.48 Å². The zero-order valence-electron chi connectivity index (χ0n) is 6.97. The Morgan fingerprint density at radius 2 is 2.23 bits per heavy atom. The minimum Gasteiger partial charge on any atom is -0.516 e. The molecule has 2 nitrogen and oxygen atoms in total. The molecule has 0 saturated carbocycles. The highest BCUT2D eigenvalue weighted by molar-refractivity contribution is 7.13. The lowest BCUT2D eigenvalue weighted by atomic mass is 10.2. The topological polar surface area (TPSA) is 33.1 Å². The Hall–Kier alpha value is -1.35. The molecule has 0 spiro atoms. The zero-order chi connectivity index (χ0) is 9.10. The van der Waals surface area contributed by atoms with E-state index in [0.717, 1.165) is 12.0 Å². The molecule has 1 heterocycles. The van der Waals surface area contributed by atoms with Gasteiger partial charge in [0.15, 0.2) is 0 Å². The molecule has 0 saturated heterocycles. The summed E-state index contributed by atoms with van der Waals surface area (Å²) in [6.07, 6.45) is 3.45. The van der Waals surface area contributed by atoms with Crippen molar-refractivity contribution >= 4 is 21.6 Å². The van der Waals surface area contributed by atoms with Crippen molar-refractivity contribution in [1.29, 1.82) is 0 Å². The number of allylic oxidation sites excluding steroid dienone is 1. The molecule has 0 unspecified atom stereocenters. The first-order valence-electron chi connectivity index (χ1n) is 4.04. The van der Waals surface area contributed by atoms with Gasteiger partial charge in [-0.25, -0.2) is 0 Å². The summed E-state index contributed by atoms with van der Waals surface area (Å²) in [6, 6.07) is 8.12. The van der Waals surface area contributed by atoms with Crippen LogP contribution in [0, 0.1) is 0 Å². The number of rotatable bonds is 2. The van der Waals surface area contributed by atoms with E-state index < -0.39 is 0 Å². The minimum absolute atomic E-state index is 0.695. The van der Waals surface area contributed by atoms with Crippen LogP contribution >= 0.6 is 11.5 Å². The zero-order valence-corrected chi connectivity index (χ0v) is 7.79. The normalized spacial score (nSPS) is 11.4. The van der Waals surface area contributed by atoms with Crippen molar-refractivity contribution in [1.82, 2.24) is 4.37 Å². The Labute approximate surface area is 80.3 Å². The van der Waals surface area contributed by atoms with Gasteiger partial charge in [-0.05, 0) is 23.7 Å². The smallest absolute Gasteiger partial charge is 0.0755 e. The molecule has 0 atom stereocenters. The van der Waals surface area contributed by atoms with E-state index in [1.165, 1.54) is 21.6 Å². The van der Waals surface area contributed by atoms with E-state index in [0.29, 0.717) is 6.42 Å². The number of nitrogens with zero attached hydrogens (tertiary/aromatic N) is 1. The average Bonchev–Trinajstić information content (AvgIpc) is 2.58. The van der Waals surface area contributed by atoms with E-state index in [4.69, 9.17) is 5.11 Å². The minimum atomic E-state index is 0.695. The van der Waals surface area contributed by atoms with Crippen molar-refractivity contribution in [3.8, 4) is 0 Å². The van der Waals surface area contributed by atoms with Gasteiger partial charge in [0.25, 0.3) is 0 Å². The standard InChI is InChI=1S/C10H9NOS/c12-7-3-5-9-8-4-1-2-6-10(8)13-11-9/h1-4,6-7,12H,5H2. The molecular weight excluding hydrogens is 182 g/mol. The first-order valence-corrected chi connectivity index (χ1v) is 4.81. The second-order valence-corrected chi connectivity index (χ2v) is 3.52. The van der Waals surface area contributed by atoms with Gasteiger partial charge in [-0.2, -0.15) is 4.37 Å². The van der Waals surface area contributed by atoms with Crippen molar-refractivity contribution in [2.45, 2.75) is 6.42 Å². The number of benzene rings is 1. The molecule has 66 valence electrons. The van der Waals surface area contributed by atoms with Gasteiger partial charge in [0, 0.05) is 11.8 Å². The van der Waals surface area contributed by atoms with Crippen LogP contribution in [0.25, 0.3) is 10.1 Å². The van der Waals surface area contributed by atoms with Crippen LogP contribution in [0.3, 0.4) is 0 Å². The quantitative estimate of drug-likeness (QED) is 0.740. The summed E-state index contributed by atoms with van der Waals surface area (Å²) in [5.41, 5.74) is 1.03. The summed E-state index contributed by atoms with van der Waals surface area (Å²) >= 11 is 1.50. The predicted molar refractivity (Wildman–Crippen MR) is 55.1 cm³/mol. The van der Waals surface area contributed by atoms with E-state index in [1.807, 2.05) is 12.1 Å². The van der Waals surface area contributed by atoms with E-state index in [9.17, 15) is 0 Å². The monoisotopic (exact) mass is 191 g/mol. The number of aliphatic hydroxyl groups is 1. The third-order valence-electron chi connectivity index (χ3n) is 1.87. The second kappa shape index (κ2) is 3.58. The maximum absolute atomic E-state index is 8.53. The molecule has 1 N–H and O–H groups in total. The molecule has 2 rings (SSSR count). The summed E-state index contributed by atoms with van der Waals surface area (Å²) in [4.78, 5) is 0. The first-order chi connectivity index (χ1) is 6.42. The number of aliphatic hydroxyl groups excluding tert-OH is 1. The average molecular weight is 191 g/mol. The lowest BCUT2D eigenvalue weighted by Crippen LogP contribution is -1.80. The third kappa shape index (κ3) is 1.55. The van der Waals surface area contributed by atoms with Crippen LogP contribution in [0.2, 0.25) is 0 Å². The number of hydrogen-bond donors (Lipinski definition) is 1. The summed E-state index contributed by atoms with van der Waals surface area (Å²) in [6.45, 7) is 0. The summed E-state index contributed by atoms with van der Waals surface area (Å²) in [7, 11) is 0. The molecule has 1 aromatic heterocycles. The van der Waals surface area contributed by atoms with Crippen molar-refractivity contribution < 1.29 is 5.11 Å². The van der Waals surface area contributed by atoms with Crippen molar-refractivity contribution in [2.75, 3.05) is 0 Å². The van der Waals surface area contributed by atoms with Gasteiger partial charge in [0.2, 0.25) is 0 Å². The Balaban J connectivity index is 2.45. The van der Waals surface area contributed by atoms with E-state index in [2.05, 4.69) is 16.5 Å².